The Hall–Kier alpha value is -5.19. The summed E-state index contributed by atoms with van der Waals surface area (Å²) in [7, 11) is 2.04. The van der Waals surface area contributed by atoms with Crippen LogP contribution in [0.1, 0.15) is 17.3 Å². The van der Waals surface area contributed by atoms with Crippen molar-refractivity contribution in [3.8, 4) is 5.69 Å². The topological polar surface area (TPSA) is 34.2 Å². The van der Waals surface area contributed by atoms with Gasteiger partial charge in [0.05, 0.1) is 22.2 Å². The molecular formula is C37H32N4. The van der Waals surface area contributed by atoms with Crippen LogP contribution in [0, 0.1) is 0 Å². The van der Waals surface area contributed by atoms with E-state index in [0.717, 1.165) is 11.3 Å². The normalized spacial score (nSPS) is 11.7. The van der Waals surface area contributed by atoms with Crippen molar-refractivity contribution in [2.75, 3.05) is 7.05 Å². The Labute approximate surface area is 240 Å². The second-order valence-electron chi connectivity index (χ2n) is 9.88. The van der Waals surface area contributed by atoms with Crippen LogP contribution >= 0.6 is 0 Å². The molecule has 0 aliphatic rings. The summed E-state index contributed by atoms with van der Waals surface area (Å²) in [5, 5.41) is 7.39. The van der Waals surface area contributed by atoms with Gasteiger partial charge in [-0.05, 0) is 55.2 Å². The van der Waals surface area contributed by atoms with Crippen LogP contribution < -0.4 is 5.32 Å². The van der Waals surface area contributed by atoms with Gasteiger partial charge < -0.3 is 9.13 Å². The number of nitrogens with one attached hydrogen (secondary N) is 1. The van der Waals surface area contributed by atoms with Gasteiger partial charge in [-0.15, -0.1) is 0 Å². The molecule has 7 aromatic rings. The molecule has 41 heavy (non-hydrogen) atoms. The summed E-state index contributed by atoms with van der Waals surface area (Å²) >= 11 is 0. The molecule has 0 bridgehead atoms. The highest BCUT2D eigenvalue weighted by Gasteiger charge is 2.21. The van der Waals surface area contributed by atoms with Crippen LogP contribution in [-0.2, 0) is 0 Å². The van der Waals surface area contributed by atoms with Gasteiger partial charge in [0.1, 0.15) is 6.17 Å². The maximum Gasteiger partial charge on any atom is 0.110 e. The molecule has 0 saturated carbocycles. The summed E-state index contributed by atoms with van der Waals surface area (Å²) in [6.07, 6.45) is 2.22. The average molecular weight is 533 g/mol. The number of para-hydroxylation sites is 2. The van der Waals surface area contributed by atoms with Gasteiger partial charge in [-0.2, -0.15) is 0 Å². The number of aliphatic imine (C=N–C) groups is 1. The molecule has 0 fully saturated rings. The van der Waals surface area contributed by atoms with Crippen LogP contribution in [0.5, 0.6) is 0 Å². The second-order valence-corrected chi connectivity index (χ2v) is 9.88. The van der Waals surface area contributed by atoms with Crippen LogP contribution in [0.3, 0.4) is 0 Å². The molecule has 7 rings (SSSR count). The molecule has 4 nitrogen and oxygen atoms in total. The van der Waals surface area contributed by atoms with Gasteiger partial charge in [0.15, 0.2) is 0 Å². The minimum absolute atomic E-state index is 0.0364. The van der Waals surface area contributed by atoms with E-state index in [2.05, 4.69) is 142 Å². The van der Waals surface area contributed by atoms with E-state index in [0.29, 0.717) is 0 Å². The molecule has 1 atom stereocenters. The van der Waals surface area contributed by atoms with Gasteiger partial charge in [-0.25, -0.2) is 0 Å². The van der Waals surface area contributed by atoms with Crippen LogP contribution in [0.25, 0.3) is 44.1 Å². The molecule has 1 unspecified atom stereocenters. The molecule has 5 aromatic carbocycles. The molecule has 0 aliphatic heterocycles. The maximum atomic E-state index is 3.71. The molecule has 1 N–H and O–H groups in total. The minimum atomic E-state index is 0.0364. The SMILES string of the molecule is C=NC(=C)c1ccccc1.CNC(c1ccccc1)n1c2ccccc2c2ccc3c(ccn3-c3ccccc3)c21. The van der Waals surface area contributed by atoms with Gasteiger partial charge in [-0.3, -0.25) is 10.3 Å². The number of nitrogens with zero attached hydrogens (tertiary/aromatic N) is 3. The summed E-state index contributed by atoms with van der Waals surface area (Å²) in [4.78, 5) is 3.71. The largest absolute Gasteiger partial charge is 0.319 e. The number of fused-ring (bicyclic) bond motifs is 5. The molecular weight excluding hydrogens is 500 g/mol. The highest BCUT2D eigenvalue weighted by atomic mass is 15.2. The lowest BCUT2D eigenvalue weighted by Crippen LogP contribution is -2.24. The molecule has 2 heterocycles. The van der Waals surface area contributed by atoms with Gasteiger partial charge >= 0.3 is 0 Å². The van der Waals surface area contributed by atoms with E-state index in [1.807, 2.05) is 37.4 Å². The molecule has 0 amide bonds. The van der Waals surface area contributed by atoms with E-state index in [4.69, 9.17) is 0 Å². The Balaban J connectivity index is 0.000000258. The van der Waals surface area contributed by atoms with Gasteiger partial charge in [0, 0.05) is 28.0 Å². The predicted octanol–water partition coefficient (Wildman–Crippen LogP) is 8.86. The summed E-state index contributed by atoms with van der Waals surface area (Å²) in [5.41, 5.74) is 7.88. The van der Waals surface area contributed by atoms with Crippen LogP contribution in [0.15, 0.2) is 151 Å². The lowest BCUT2D eigenvalue weighted by molar-refractivity contribution is 0.541. The van der Waals surface area contributed by atoms with E-state index in [9.17, 15) is 0 Å². The first-order chi connectivity index (χ1) is 20.2. The van der Waals surface area contributed by atoms with Gasteiger partial charge in [0.25, 0.3) is 0 Å². The smallest absolute Gasteiger partial charge is 0.110 e. The number of aromatic nitrogens is 2. The third kappa shape index (κ3) is 4.86. The van der Waals surface area contributed by atoms with E-state index in [1.54, 1.807) is 0 Å². The Morgan fingerprint density at radius 2 is 1.29 bits per heavy atom. The van der Waals surface area contributed by atoms with Crippen LogP contribution in [-0.4, -0.2) is 22.9 Å². The monoisotopic (exact) mass is 532 g/mol. The molecule has 2 aromatic heterocycles. The van der Waals surface area contributed by atoms with E-state index >= 15 is 0 Å². The quantitative estimate of drug-likeness (QED) is 0.213. The highest BCUT2D eigenvalue weighted by Crippen LogP contribution is 2.38. The molecule has 0 aliphatic carbocycles. The summed E-state index contributed by atoms with van der Waals surface area (Å²) in [6.45, 7) is 7.10. The number of hydrogen-bond donors (Lipinski definition) is 1. The Morgan fingerprint density at radius 3 is 1.98 bits per heavy atom. The van der Waals surface area contributed by atoms with E-state index < -0.39 is 0 Å². The Kier molecular flexibility index (Phi) is 7.31. The van der Waals surface area contributed by atoms with Crippen LogP contribution in [0.2, 0.25) is 0 Å². The lowest BCUT2D eigenvalue weighted by atomic mass is 10.1. The molecule has 0 spiro atoms. The zero-order valence-electron chi connectivity index (χ0n) is 23.1. The first-order valence-corrected chi connectivity index (χ1v) is 13.7. The first kappa shape index (κ1) is 26.1. The maximum absolute atomic E-state index is 3.71. The molecule has 0 saturated heterocycles. The Bertz CT molecular complexity index is 1950. The summed E-state index contributed by atoms with van der Waals surface area (Å²) < 4.78 is 4.73. The lowest BCUT2D eigenvalue weighted by Gasteiger charge is -2.22. The van der Waals surface area contributed by atoms with Crippen LogP contribution in [0.4, 0.5) is 0 Å². The van der Waals surface area contributed by atoms with Crippen molar-refractivity contribution in [2.45, 2.75) is 6.17 Å². The van der Waals surface area contributed by atoms with E-state index in [1.165, 1.54) is 44.0 Å². The fourth-order valence-corrected chi connectivity index (χ4v) is 5.59. The number of rotatable bonds is 6. The third-order valence-electron chi connectivity index (χ3n) is 7.52. The van der Waals surface area contributed by atoms with Crippen molar-refractivity contribution in [2.24, 2.45) is 4.99 Å². The fraction of sp³-hybridized carbons (Fsp3) is 0.0541. The first-order valence-electron chi connectivity index (χ1n) is 13.7. The summed E-state index contributed by atoms with van der Waals surface area (Å²) in [6, 6.07) is 46.4. The van der Waals surface area contributed by atoms with Crippen molar-refractivity contribution in [1.29, 1.82) is 0 Å². The highest BCUT2D eigenvalue weighted by molar-refractivity contribution is 6.17. The van der Waals surface area contributed by atoms with Crippen molar-refractivity contribution in [3.63, 3.8) is 0 Å². The molecule has 0 radical (unpaired) electrons. The van der Waals surface area contributed by atoms with Gasteiger partial charge in [-0.1, -0.05) is 110 Å². The van der Waals surface area contributed by atoms with Crippen molar-refractivity contribution in [3.05, 3.63) is 157 Å². The van der Waals surface area contributed by atoms with Gasteiger partial charge in [0.2, 0.25) is 0 Å². The Morgan fingerprint density at radius 1 is 0.659 bits per heavy atom. The minimum Gasteiger partial charge on any atom is -0.319 e. The number of benzene rings is 5. The fourth-order valence-electron chi connectivity index (χ4n) is 5.59. The zero-order chi connectivity index (χ0) is 28.2. The summed E-state index contributed by atoms with van der Waals surface area (Å²) in [5.74, 6) is 0. The predicted molar refractivity (Wildman–Crippen MR) is 175 cm³/mol. The molecule has 4 heteroatoms. The number of hydrogen-bond acceptors (Lipinski definition) is 2. The second kappa shape index (κ2) is 11.5. The standard InChI is InChI=1S/C28H23N3.C9H9N/c1-29-28(20-10-4-2-5-11-20)31-26-15-9-8-14-22(26)23-16-17-25-24(27(23)31)18-19-30(25)21-12-6-3-7-13-21;1-8(10-2)9-6-4-3-5-7-9/h2-19,28-29H,1H3;3-7H,1-2H2. The van der Waals surface area contributed by atoms with E-state index in [-0.39, 0.29) is 6.17 Å². The third-order valence-corrected chi connectivity index (χ3v) is 7.52. The van der Waals surface area contributed by atoms with Crippen molar-refractivity contribution >= 4 is 45.1 Å². The average Bonchev–Trinajstić information content (AvgIpc) is 3.63. The zero-order valence-corrected chi connectivity index (χ0v) is 23.1. The van der Waals surface area contributed by atoms with Crippen molar-refractivity contribution < 1.29 is 0 Å². The molecule has 200 valence electrons. The van der Waals surface area contributed by atoms with Crippen molar-refractivity contribution in [1.82, 2.24) is 14.5 Å².